The molecule has 0 aliphatic rings. The average molecular weight is 461 g/mol. The predicted octanol–water partition coefficient (Wildman–Crippen LogP) is 4.20. The van der Waals surface area contributed by atoms with Crippen LogP contribution in [-0.4, -0.2) is 41.9 Å². The number of nitrogens with zero attached hydrogens (tertiary/aromatic N) is 1. The predicted molar refractivity (Wildman–Crippen MR) is 119 cm³/mol. The van der Waals surface area contributed by atoms with Crippen molar-refractivity contribution in [2.45, 2.75) is 45.7 Å². The minimum atomic E-state index is -0.526. The molecule has 29 heavy (non-hydrogen) atoms. The number of halogens is 1. The Labute approximate surface area is 181 Å². The molecule has 0 saturated heterocycles. The van der Waals surface area contributed by atoms with Crippen molar-refractivity contribution in [3.05, 3.63) is 64.6 Å². The third-order valence-corrected chi connectivity index (χ3v) is 5.01. The summed E-state index contributed by atoms with van der Waals surface area (Å²) in [6.45, 7) is 6.09. The van der Waals surface area contributed by atoms with Crippen molar-refractivity contribution in [2.75, 3.05) is 13.2 Å². The zero-order valence-electron chi connectivity index (χ0n) is 17.2. The van der Waals surface area contributed by atoms with Crippen molar-refractivity contribution in [3.8, 4) is 5.75 Å². The standard InChI is InChI=1S/C23H29BrN2O3/c1-4-21(23(28)25-17(2)3)26(15-14-18-8-6-5-7-9-18)22(27)16-29-20-12-10-19(24)11-13-20/h5-13,17,21H,4,14-16H2,1-3H3,(H,25,28). The normalized spacial score (nSPS) is 11.8. The second-order valence-electron chi connectivity index (χ2n) is 7.15. The molecule has 1 N–H and O–H groups in total. The fraction of sp³-hybridized carbons (Fsp3) is 0.391. The molecule has 0 bridgehead atoms. The first-order valence-corrected chi connectivity index (χ1v) is 10.7. The number of carbonyl (C=O) groups is 2. The summed E-state index contributed by atoms with van der Waals surface area (Å²) < 4.78 is 6.61. The number of amides is 2. The first kappa shape index (κ1) is 22.9. The van der Waals surface area contributed by atoms with Crippen molar-refractivity contribution in [1.29, 1.82) is 0 Å². The number of hydrogen-bond donors (Lipinski definition) is 1. The molecule has 6 heteroatoms. The molecule has 2 aromatic carbocycles. The maximum absolute atomic E-state index is 13.0. The summed E-state index contributed by atoms with van der Waals surface area (Å²) in [4.78, 5) is 27.4. The van der Waals surface area contributed by atoms with Gasteiger partial charge in [-0.3, -0.25) is 9.59 Å². The van der Waals surface area contributed by atoms with Crippen molar-refractivity contribution >= 4 is 27.7 Å². The Kier molecular flexibility index (Phi) is 9.19. The van der Waals surface area contributed by atoms with Crippen LogP contribution in [-0.2, 0) is 16.0 Å². The molecule has 0 aliphatic heterocycles. The fourth-order valence-electron chi connectivity index (χ4n) is 3.04. The summed E-state index contributed by atoms with van der Waals surface area (Å²) >= 11 is 3.38. The molecule has 2 amide bonds. The Morgan fingerprint density at radius 1 is 1.07 bits per heavy atom. The number of rotatable bonds is 10. The van der Waals surface area contributed by atoms with Gasteiger partial charge in [0, 0.05) is 17.1 Å². The molecule has 0 spiro atoms. The summed E-state index contributed by atoms with van der Waals surface area (Å²) in [6.07, 6.45) is 1.22. The van der Waals surface area contributed by atoms with Crippen molar-refractivity contribution in [2.24, 2.45) is 0 Å². The molecule has 0 aliphatic carbocycles. The summed E-state index contributed by atoms with van der Waals surface area (Å²) in [5, 5.41) is 2.93. The molecule has 156 valence electrons. The Morgan fingerprint density at radius 3 is 2.31 bits per heavy atom. The minimum absolute atomic E-state index is 0.0154. The molecule has 1 atom stereocenters. The van der Waals surface area contributed by atoms with E-state index in [1.807, 2.05) is 63.2 Å². The van der Waals surface area contributed by atoms with Crippen LogP contribution in [0.1, 0.15) is 32.8 Å². The van der Waals surface area contributed by atoms with E-state index in [4.69, 9.17) is 4.74 Å². The average Bonchev–Trinajstić information content (AvgIpc) is 2.70. The number of ether oxygens (including phenoxy) is 1. The van der Waals surface area contributed by atoms with Gasteiger partial charge in [-0.25, -0.2) is 0 Å². The lowest BCUT2D eigenvalue weighted by atomic mass is 10.1. The highest BCUT2D eigenvalue weighted by molar-refractivity contribution is 9.10. The Morgan fingerprint density at radius 2 is 1.72 bits per heavy atom. The number of carbonyl (C=O) groups excluding carboxylic acids is 2. The highest BCUT2D eigenvalue weighted by Gasteiger charge is 2.28. The number of nitrogens with one attached hydrogen (secondary N) is 1. The topological polar surface area (TPSA) is 58.6 Å². The Bertz CT molecular complexity index is 778. The maximum Gasteiger partial charge on any atom is 0.261 e. The van der Waals surface area contributed by atoms with Crippen molar-refractivity contribution in [3.63, 3.8) is 0 Å². The molecule has 0 fully saturated rings. The molecule has 0 aromatic heterocycles. The van der Waals surface area contributed by atoms with Crippen LogP contribution in [0.25, 0.3) is 0 Å². The van der Waals surface area contributed by atoms with Crippen LogP contribution in [0.3, 0.4) is 0 Å². The lowest BCUT2D eigenvalue weighted by Gasteiger charge is -2.31. The van der Waals surface area contributed by atoms with Crippen LogP contribution in [0, 0.1) is 0 Å². The van der Waals surface area contributed by atoms with Crippen LogP contribution < -0.4 is 10.1 Å². The fourth-order valence-corrected chi connectivity index (χ4v) is 3.30. The van der Waals surface area contributed by atoms with E-state index in [9.17, 15) is 9.59 Å². The molecule has 0 heterocycles. The van der Waals surface area contributed by atoms with Crippen LogP contribution in [0.4, 0.5) is 0 Å². The highest BCUT2D eigenvalue weighted by atomic mass is 79.9. The van der Waals surface area contributed by atoms with Crippen molar-refractivity contribution in [1.82, 2.24) is 10.2 Å². The van der Waals surface area contributed by atoms with Gasteiger partial charge in [0.1, 0.15) is 11.8 Å². The third kappa shape index (κ3) is 7.54. The number of hydrogen-bond acceptors (Lipinski definition) is 3. The lowest BCUT2D eigenvalue weighted by Crippen LogP contribution is -2.52. The van der Waals surface area contributed by atoms with Gasteiger partial charge in [0.15, 0.2) is 6.61 Å². The van der Waals surface area contributed by atoms with E-state index in [0.29, 0.717) is 25.1 Å². The smallest absolute Gasteiger partial charge is 0.261 e. The Balaban J connectivity index is 2.11. The summed E-state index contributed by atoms with van der Waals surface area (Å²) in [6, 6.07) is 16.8. The molecule has 2 aromatic rings. The van der Waals surface area contributed by atoms with Crippen LogP contribution in [0.15, 0.2) is 59.1 Å². The molecule has 0 radical (unpaired) electrons. The molecular weight excluding hydrogens is 432 g/mol. The molecule has 2 rings (SSSR count). The van der Waals surface area contributed by atoms with E-state index in [-0.39, 0.29) is 24.5 Å². The molecule has 1 unspecified atom stereocenters. The summed E-state index contributed by atoms with van der Waals surface area (Å²) in [5.41, 5.74) is 1.12. The van der Waals surface area contributed by atoms with E-state index < -0.39 is 6.04 Å². The SMILES string of the molecule is CCC(C(=O)NC(C)C)N(CCc1ccccc1)C(=O)COc1ccc(Br)cc1. The van der Waals surface area contributed by atoms with Crippen LogP contribution >= 0.6 is 15.9 Å². The van der Waals surface area contributed by atoms with Crippen LogP contribution in [0.5, 0.6) is 5.75 Å². The quantitative estimate of drug-likeness (QED) is 0.577. The van der Waals surface area contributed by atoms with Gasteiger partial charge >= 0.3 is 0 Å². The lowest BCUT2D eigenvalue weighted by molar-refractivity contribution is -0.142. The minimum Gasteiger partial charge on any atom is -0.484 e. The second kappa shape index (κ2) is 11.6. The van der Waals surface area contributed by atoms with Gasteiger partial charge in [-0.15, -0.1) is 0 Å². The second-order valence-corrected chi connectivity index (χ2v) is 8.07. The molecular formula is C23H29BrN2O3. The van der Waals surface area contributed by atoms with Gasteiger partial charge < -0.3 is 15.0 Å². The van der Waals surface area contributed by atoms with E-state index in [1.54, 1.807) is 17.0 Å². The van der Waals surface area contributed by atoms with Gasteiger partial charge in [-0.1, -0.05) is 53.2 Å². The van der Waals surface area contributed by atoms with Gasteiger partial charge in [-0.2, -0.15) is 0 Å². The van der Waals surface area contributed by atoms with Crippen molar-refractivity contribution < 1.29 is 14.3 Å². The third-order valence-electron chi connectivity index (χ3n) is 4.48. The number of benzene rings is 2. The Hall–Kier alpha value is -2.34. The van der Waals surface area contributed by atoms with E-state index in [0.717, 1.165) is 10.0 Å². The largest absolute Gasteiger partial charge is 0.484 e. The van der Waals surface area contributed by atoms with Crippen LogP contribution in [0.2, 0.25) is 0 Å². The molecule has 5 nitrogen and oxygen atoms in total. The van der Waals surface area contributed by atoms with E-state index >= 15 is 0 Å². The van der Waals surface area contributed by atoms with E-state index in [1.165, 1.54) is 0 Å². The van der Waals surface area contributed by atoms with Gasteiger partial charge in [0.25, 0.3) is 5.91 Å². The monoisotopic (exact) mass is 460 g/mol. The van der Waals surface area contributed by atoms with Gasteiger partial charge in [-0.05, 0) is 56.5 Å². The summed E-state index contributed by atoms with van der Waals surface area (Å²) in [5.74, 6) is 0.284. The van der Waals surface area contributed by atoms with E-state index in [2.05, 4.69) is 21.2 Å². The zero-order valence-corrected chi connectivity index (χ0v) is 18.8. The van der Waals surface area contributed by atoms with Gasteiger partial charge in [0.2, 0.25) is 5.91 Å². The first-order chi connectivity index (χ1) is 13.9. The van der Waals surface area contributed by atoms with Gasteiger partial charge in [0.05, 0.1) is 0 Å². The zero-order chi connectivity index (χ0) is 21.2. The highest BCUT2D eigenvalue weighted by Crippen LogP contribution is 2.17. The molecule has 0 saturated carbocycles. The maximum atomic E-state index is 13.0. The first-order valence-electron chi connectivity index (χ1n) is 9.92. The summed E-state index contributed by atoms with van der Waals surface area (Å²) in [7, 11) is 0.